The van der Waals surface area contributed by atoms with Gasteiger partial charge in [-0.25, -0.2) is 0 Å². The summed E-state index contributed by atoms with van der Waals surface area (Å²) < 4.78 is 38.1. The largest absolute Gasteiger partial charge is 0.416 e. The molecule has 1 aliphatic heterocycles. The zero-order valence-corrected chi connectivity index (χ0v) is 16.8. The molecule has 0 unspecified atom stereocenters. The Hall–Kier alpha value is -2.98. The van der Waals surface area contributed by atoms with E-state index in [4.69, 9.17) is 5.73 Å². The van der Waals surface area contributed by atoms with Gasteiger partial charge in [0.25, 0.3) is 5.69 Å². The third kappa shape index (κ3) is 6.02. The predicted molar refractivity (Wildman–Crippen MR) is 108 cm³/mol. The van der Waals surface area contributed by atoms with E-state index in [-0.39, 0.29) is 11.3 Å². The van der Waals surface area contributed by atoms with Crippen molar-refractivity contribution in [2.75, 3.05) is 26.2 Å². The van der Waals surface area contributed by atoms with E-state index < -0.39 is 22.6 Å². The molecular weight excluding hydrogens is 413 g/mol. The van der Waals surface area contributed by atoms with Crippen molar-refractivity contribution in [3.8, 4) is 0 Å². The van der Waals surface area contributed by atoms with Crippen LogP contribution in [0.4, 0.5) is 18.9 Å². The summed E-state index contributed by atoms with van der Waals surface area (Å²) in [5, 5.41) is 11.4. The summed E-state index contributed by atoms with van der Waals surface area (Å²) in [6, 6.07) is 9.42. The third-order valence-corrected chi connectivity index (χ3v) is 5.33. The van der Waals surface area contributed by atoms with Crippen LogP contribution >= 0.6 is 0 Å². The molecule has 0 saturated carbocycles. The molecular formula is C21H23F3N4O3. The lowest BCUT2D eigenvalue weighted by atomic mass is 10.1. The highest BCUT2D eigenvalue weighted by molar-refractivity contribution is 5.93. The van der Waals surface area contributed by atoms with E-state index in [1.807, 2.05) is 0 Å². The smallest absolute Gasteiger partial charge is 0.366 e. The van der Waals surface area contributed by atoms with Gasteiger partial charge in [0, 0.05) is 43.4 Å². The number of hydrogen-bond donors (Lipinski definition) is 1. The van der Waals surface area contributed by atoms with E-state index in [9.17, 15) is 28.1 Å². The van der Waals surface area contributed by atoms with E-state index in [1.54, 1.807) is 6.07 Å². The number of nitro groups is 1. The maximum Gasteiger partial charge on any atom is 0.416 e. The summed E-state index contributed by atoms with van der Waals surface area (Å²) in [6.07, 6.45) is -3.52. The average Bonchev–Trinajstić information content (AvgIpc) is 2.93. The molecule has 2 aromatic carbocycles. The molecule has 166 valence electrons. The number of nitrogens with zero attached hydrogens (tertiary/aromatic N) is 3. The number of primary amides is 1. The highest BCUT2D eigenvalue weighted by Crippen LogP contribution is 2.29. The van der Waals surface area contributed by atoms with E-state index in [1.165, 1.54) is 24.3 Å². The number of nitro benzene ring substituents is 1. The van der Waals surface area contributed by atoms with Crippen molar-refractivity contribution in [2.45, 2.75) is 25.7 Å². The van der Waals surface area contributed by atoms with Crippen LogP contribution < -0.4 is 5.73 Å². The quantitative estimate of drug-likeness (QED) is 0.553. The van der Waals surface area contributed by atoms with E-state index >= 15 is 0 Å². The average molecular weight is 436 g/mol. The fraction of sp³-hybridized carbons (Fsp3) is 0.381. The zero-order chi connectivity index (χ0) is 22.6. The summed E-state index contributed by atoms with van der Waals surface area (Å²) in [5.74, 6) is -0.719. The number of carbonyl (C=O) groups excluding carboxylic acids is 1. The molecule has 2 N–H and O–H groups in total. The molecule has 0 aromatic heterocycles. The van der Waals surface area contributed by atoms with Gasteiger partial charge >= 0.3 is 6.18 Å². The Morgan fingerprint density at radius 2 is 1.61 bits per heavy atom. The van der Waals surface area contributed by atoms with Gasteiger partial charge < -0.3 is 5.73 Å². The Balaban J connectivity index is 1.61. The van der Waals surface area contributed by atoms with Gasteiger partial charge in [-0.15, -0.1) is 0 Å². The molecule has 7 nitrogen and oxygen atoms in total. The number of alkyl halides is 3. The monoisotopic (exact) mass is 436 g/mol. The molecule has 1 heterocycles. The molecule has 10 heteroatoms. The summed E-state index contributed by atoms with van der Waals surface area (Å²) in [6.45, 7) is 3.77. The van der Waals surface area contributed by atoms with Crippen LogP contribution in [0.5, 0.6) is 0 Å². The molecule has 1 amide bonds. The summed E-state index contributed by atoms with van der Waals surface area (Å²) in [7, 11) is 0. The molecule has 0 atom stereocenters. The minimum Gasteiger partial charge on any atom is -0.366 e. The number of rotatable bonds is 6. The molecule has 1 saturated heterocycles. The lowest BCUT2D eigenvalue weighted by Gasteiger charge is -2.22. The van der Waals surface area contributed by atoms with Crippen molar-refractivity contribution in [1.82, 2.24) is 9.80 Å². The highest BCUT2D eigenvalue weighted by atomic mass is 19.4. The fourth-order valence-corrected chi connectivity index (χ4v) is 3.66. The van der Waals surface area contributed by atoms with Crippen LogP contribution in [0.1, 0.15) is 33.5 Å². The van der Waals surface area contributed by atoms with Crippen LogP contribution in [0.3, 0.4) is 0 Å². The Kier molecular flexibility index (Phi) is 6.91. The minimum atomic E-state index is -4.35. The maximum atomic E-state index is 12.7. The second kappa shape index (κ2) is 9.44. The Bertz CT molecular complexity index is 948. The van der Waals surface area contributed by atoms with Gasteiger partial charge in [0.1, 0.15) is 0 Å². The summed E-state index contributed by atoms with van der Waals surface area (Å²) in [5.41, 5.74) is 5.81. The molecule has 0 radical (unpaired) electrons. The van der Waals surface area contributed by atoms with Crippen LogP contribution in [0.25, 0.3) is 0 Å². The first kappa shape index (κ1) is 22.7. The van der Waals surface area contributed by atoms with E-state index in [2.05, 4.69) is 9.80 Å². The third-order valence-electron chi connectivity index (χ3n) is 5.33. The van der Waals surface area contributed by atoms with Crippen LogP contribution in [0.2, 0.25) is 0 Å². The van der Waals surface area contributed by atoms with Gasteiger partial charge in [-0.3, -0.25) is 24.7 Å². The maximum absolute atomic E-state index is 12.7. The summed E-state index contributed by atoms with van der Waals surface area (Å²) in [4.78, 5) is 26.4. The Morgan fingerprint density at radius 1 is 1.00 bits per heavy atom. The van der Waals surface area contributed by atoms with Crippen LogP contribution in [0, 0.1) is 10.1 Å². The van der Waals surface area contributed by atoms with Gasteiger partial charge in [0.15, 0.2) is 0 Å². The predicted octanol–water partition coefficient (Wildman–Crippen LogP) is 3.42. The van der Waals surface area contributed by atoms with Crippen molar-refractivity contribution >= 4 is 11.6 Å². The number of carbonyl (C=O) groups is 1. The van der Waals surface area contributed by atoms with E-state index in [0.717, 1.165) is 37.2 Å². The topological polar surface area (TPSA) is 92.7 Å². The Morgan fingerprint density at radius 3 is 2.16 bits per heavy atom. The van der Waals surface area contributed by atoms with Crippen molar-refractivity contribution in [1.29, 1.82) is 0 Å². The molecule has 31 heavy (non-hydrogen) atoms. The van der Waals surface area contributed by atoms with Crippen molar-refractivity contribution in [2.24, 2.45) is 5.73 Å². The molecule has 1 aliphatic rings. The number of amides is 1. The second-order valence-electron chi connectivity index (χ2n) is 7.57. The molecule has 1 fully saturated rings. The minimum absolute atomic E-state index is 0.0917. The summed E-state index contributed by atoms with van der Waals surface area (Å²) >= 11 is 0. The molecule has 0 bridgehead atoms. The molecule has 2 aromatic rings. The van der Waals surface area contributed by atoms with Gasteiger partial charge in [-0.05, 0) is 43.3 Å². The van der Waals surface area contributed by atoms with Crippen LogP contribution in [-0.4, -0.2) is 46.8 Å². The Labute approximate surface area is 177 Å². The second-order valence-corrected chi connectivity index (χ2v) is 7.57. The lowest BCUT2D eigenvalue weighted by molar-refractivity contribution is -0.385. The van der Waals surface area contributed by atoms with Gasteiger partial charge in [-0.2, -0.15) is 13.2 Å². The number of hydrogen-bond acceptors (Lipinski definition) is 5. The van der Waals surface area contributed by atoms with Crippen molar-refractivity contribution in [3.63, 3.8) is 0 Å². The molecule has 0 aliphatic carbocycles. The first-order valence-electron chi connectivity index (χ1n) is 9.81. The van der Waals surface area contributed by atoms with Gasteiger partial charge in [0.2, 0.25) is 5.91 Å². The molecule has 0 spiro atoms. The fourth-order valence-electron chi connectivity index (χ4n) is 3.66. The number of benzene rings is 2. The lowest BCUT2D eigenvalue weighted by Crippen LogP contribution is -2.30. The SMILES string of the molecule is NC(=O)c1ccc(CN2CCCN(Cc3ccc(C(F)(F)F)cc3)CC2)c([N+](=O)[O-])c1. The first-order valence-corrected chi connectivity index (χ1v) is 9.81. The molecule has 3 rings (SSSR count). The standard InChI is InChI=1S/C21H23F3N4O3/c22-21(23,24)18-6-2-15(3-7-18)13-26-8-1-9-27(11-10-26)14-17-5-4-16(20(25)29)12-19(17)28(30)31/h2-7,12H,1,8-11,13-14H2,(H2,25,29). The number of nitrogens with two attached hydrogens (primary N) is 1. The first-order chi connectivity index (χ1) is 14.6. The van der Waals surface area contributed by atoms with Gasteiger partial charge in [0.05, 0.1) is 10.5 Å². The van der Waals surface area contributed by atoms with E-state index in [0.29, 0.717) is 31.7 Å². The van der Waals surface area contributed by atoms with Crippen molar-refractivity contribution in [3.05, 3.63) is 74.8 Å². The van der Waals surface area contributed by atoms with Crippen molar-refractivity contribution < 1.29 is 22.9 Å². The number of halogens is 3. The normalized spacial score (nSPS) is 16.1. The zero-order valence-electron chi connectivity index (χ0n) is 16.8. The van der Waals surface area contributed by atoms with Crippen LogP contribution in [-0.2, 0) is 19.3 Å². The van der Waals surface area contributed by atoms with Gasteiger partial charge in [-0.1, -0.05) is 18.2 Å². The highest BCUT2D eigenvalue weighted by Gasteiger charge is 2.30. The van der Waals surface area contributed by atoms with Crippen LogP contribution in [0.15, 0.2) is 42.5 Å².